The van der Waals surface area contributed by atoms with Gasteiger partial charge in [-0.1, -0.05) is 6.92 Å². The molecule has 1 unspecified atom stereocenters. The number of hydrogen-bond acceptors (Lipinski definition) is 2. The standard InChI is InChI=1S/C10H21FN2/c1-3-10(2)9-13(7-4-5-11)8-6-12-10/h12H,3-9H2,1-2H3. The van der Waals surface area contributed by atoms with Crippen molar-refractivity contribution in [2.75, 3.05) is 32.9 Å². The van der Waals surface area contributed by atoms with E-state index in [4.69, 9.17) is 0 Å². The summed E-state index contributed by atoms with van der Waals surface area (Å²) in [6, 6.07) is 0. The number of nitrogens with zero attached hydrogens (tertiary/aromatic N) is 1. The van der Waals surface area contributed by atoms with Crippen LogP contribution in [0.5, 0.6) is 0 Å². The Morgan fingerprint density at radius 1 is 1.54 bits per heavy atom. The molecule has 0 saturated carbocycles. The van der Waals surface area contributed by atoms with Gasteiger partial charge in [0.1, 0.15) is 0 Å². The molecule has 3 heteroatoms. The third-order valence-corrected chi connectivity index (χ3v) is 2.94. The molecule has 13 heavy (non-hydrogen) atoms. The lowest BCUT2D eigenvalue weighted by Gasteiger charge is -2.41. The fourth-order valence-electron chi connectivity index (χ4n) is 1.86. The minimum Gasteiger partial charge on any atom is -0.309 e. The van der Waals surface area contributed by atoms with Gasteiger partial charge in [-0.05, 0) is 19.8 Å². The molecule has 1 aliphatic rings. The summed E-state index contributed by atoms with van der Waals surface area (Å²) in [6.45, 7) is 8.33. The molecule has 0 aromatic carbocycles. The molecule has 1 aliphatic heterocycles. The molecule has 0 radical (unpaired) electrons. The average Bonchev–Trinajstić information content (AvgIpc) is 2.15. The fourth-order valence-corrected chi connectivity index (χ4v) is 1.86. The van der Waals surface area contributed by atoms with Crippen LogP contribution in [0.4, 0.5) is 4.39 Å². The van der Waals surface area contributed by atoms with E-state index in [-0.39, 0.29) is 12.2 Å². The number of rotatable bonds is 4. The van der Waals surface area contributed by atoms with E-state index in [1.807, 2.05) is 0 Å². The van der Waals surface area contributed by atoms with E-state index < -0.39 is 0 Å². The first-order valence-electron chi connectivity index (χ1n) is 5.23. The number of alkyl halides is 1. The van der Waals surface area contributed by atoms with Gasteiger partial charge in [0.2, 0.25) is 0 Å². The van der Waals surface area contributed by atoms with Crippen molar-refractivity contribution in [3.63, 3.8) is 0 Å². The highest BCUT2D eigenvalue weighted by atomic mass is 19.1. The first kappa shape index (κ1) is 10.9. The number of hydrogen-bond donors (Lipinski definition) is 1. The molecule has 1 fully saturated rings. The van der Waals surface area contributed by atoms with Gasteiger partial charge >= 0.3 is 0 Å². The van der Waals surface area contributed by atoms with Crippen LogP contribution in [0.2, 0.25) is 0 Å². The average molecular weight is 188 g/mol. The quantitative estimate of drug-likeness (QED) is 0.718. The van der Waals surface area contributed by atoms with Crippen molar-refractivity contribution >= 4 is 0 Å². The molecular formula is C10H21FN2. The zero-order valence-electron chi connectivity index (χ0n) is 8.77. The second-order valence-corrected chi connectivity index (χ2v) is 4.16. The van der Waals surface area contributed by atoms with Crippen molar-refractivity contribution in [1.29, 1.82) is 0 Å². The van der Waals surface area contributed by atoms with Crippen LogP contribution in [0.1, 0.15) is 26.7 Å². The third kappa shape index (κ3) is 3.24. The first-order chi connectivity index (χ1) is 6.20. The molecule has 1 atom stereocenters. The highest BCUT2D eigenvalue weighted by Crippen LogP contribution is 2.14. The predicted octanol–water partition coefficient (Wildman–Crippen LogP) is 1.42. The lowest BCUT2D eigenvalue weighted by Crippen LogP contribution is -2.58. The van der Waals surface area contributed by atoms with Gasteiger partial charge in [-0.2, -0.15) is 0 Å². The Balaban J connectivity index is 2.33. The van der Waals surface area contributed by atoms with E-state index in [1.165, 1.54) is 0 Å². The van der Waals surface area contributed by atoms with Crippen molar-refractivity contribution in [3.05, 3.63) is 0 Å². The summed E-state index contributed by atoms with van der Waals surface area (Å²) in [5.41, 5.74) is 0.245. The molecule has 0 aromatic heterocycles. The van der Waals surface area contributed by atoms with Gasteiger partial charge in [-0.3, -0.25) is 4.39 Å². The van der Waals surface area contributed by atoms with Gasteiger partial charge in [0.15, 0.2) is 0 Å². The molecule has 1 rings (SSSR count). The van der Waals surface area contributed by atoms with Crippen molar-refractivity contribution in [3.8, 4) is 0 Å². The Labute approximate surface area is 80.5 Å². The molecule has 78 valence electrons. The van der Waals surface area contributed by atoms with Gasteiger partial charge in [0, 0.05) is 31.7 Å². The summed E-state index contributed by atoms with van der Waals surface area (Å²) >= 11 is 0. The maximum absolute atomic E-state index is 12.0. The SMILES string of the molecule is CCC1(C)CN(CCCF)CCN1. The lowest BCUT2D eigenvalue weighted by atomic mass is 9.96. The maximum atomic E-state index is 12.0. The molecule has 0 amide bonds. The topological polar surface area (TPSA) is 15.3 Å². The van der Waals surface area contributed by atoms with Crippen molar-refractivity contribution in [2.24, 2.45) is 0 Å². The molecular weight excluding hydrogens is 167 g/mol. The summed E-state index contributed by atoms with van der Waals surface area (Å²) in [5.74, 6) is 0. The number of halogens is 1. The highest BCUT2D eigenvalue weighted by Gasteiger charge is 2.27. The van der Waals surface area contributed by atoms with E-state index in [2.05, 4.69) is 24.1 Å². The van der Waals surface area contributed by atoms with Gasteiger partial charge in [-0.25, -0.2) is 0 Å². The van der Waals surface area contributed by atoms with Crippen molar-refractivity contribution in [1.82, 2.24) is 10.2 Å². The smallest absolute Gasteiger partial charge is 0.0906 e. The van der Waals surface area contributed by atoms with Crippen molar-refractivity contribution in [2.45, 2.75) is 32.2 Å². The molecule has 1 N–H and O–H groups in total. The van der Waals surface area contributed by atoms with Crippen LogP contribution in [0.15, 0.2) is 0 Å². The third-order valence-electron chi connectivity index (χ3n) is 2.94. The Hall–Kier alpha value is -0.150. The first-order valence-corrected chi connectivity index (χ1v) is 5.23. The Bertz CT molecular complexity index is 152. The van der Waals surface area contributed by atoms with Crippen molar-refractivity contribution < 1.29 is 4.39 Å². The summed E-state index contributed by atoms with van der Waals surface area (Å²) in [4.78, 5) is 2.36. The van der Waals surface area contributed by atoms with Crippen LogP contribution in [-0.2, 0) is 0 Å². The summed E-state index contributed by atoms with van der Waals surface area (Å²) in [6.07, 6.45) is 1.82. The minimum atomic E-state index is -0.188. The molecule has 0 spiro atoms. The number of nitrogens with one attached hydrogen (secondary N) is 1. The zero-order valence-corrected chi connectivity index (χ0v) is 8.77. The van der Waals surface area contributed by atoms with E-state index in [1.54, 1.807) is 0 Å². The fraction of sp³-hybridized carbons (Fsp3) is 1.00. The maximum Gasteiger partial charge on any atom is 0.0906 e. The summed E-state index contributed by atoms with van der Waals surface area (Å²) in [5, 5.41) is 3.52. The second kappa shape index (κ2) is 4.91. The predicted molar refractivity (Wildman–Crippen MR) is 53.7 cm³/mol. The monoisotopic (exact) mass is 188 g/mol. The Morgan fingerprint density at radius 3 is 2.92 bits per heavy atom. The summed E-state index contributed by atoms with van der Waals surface area (Å²) < 4.78 is 12.0. The summed E-state index contributed by atoms with van der Waals surface area (Å²) in [7, 11) is 0. The normalized spacial score (nSPS) is 30.7. The molecule has 0 aromatic rings. The molecule has 1 heterocycles. The van der Waals surface area contributed by atoms with E-state index >= 15 is 0 Å². The molecule has 0 bridgehead atoms. The lowest BCUT2D eigenvalue weighted by molar-refractivity contribution is 0.136. The molecule has 1 saturated heterocycles. The highest BCUT2D eigenvalue weighted by molar-refractivity contribution is 4.89. The van der Waals surface area contributed by atoms with Crippen LogP contribution < -0.4 is 5.32 Å². The van der Waals surface area contributed by atoms with Crippen LogP contribution in [0.25, 0.3) is 0 Å². The van der Waals surface area contributed by atoms with Crippen LogP contribution in [0.3, 0.4) is 0 Å². The largest absolute Gasteiger partial charge is 0.309 e. The van der Waals surface area contributed by atoms with Crippen LogP contribution >= 0.6 is 0 Å². The Morgan fingerprint density at radius 2 is 2.31 bits per heavy atom. The second-order valence-electron chi connectivity index (χ2n) is 4.16. The van der Waals surface area contributed by atoms with E-state index in [9.17, 15) is 4.39 Å². The van der Waals surface area contributed by atoms with Crippen LogP contribution in [-0.4, -0.2) is 43.3 Å². The molecule has 0 aliphatic carbocycles. The van der Waals surface area contributed by atoms with E-state index in [0.717, 1.165) is 32.6 Å². The van der Waals surface area contributed by atoms with Gasteiger partial charge in [-0.15, -0.1) is 0 Å². The Kier molecular flexibility index (Phi) is 4.13. The minimum absolute atomic E-state index is 0.188. The van der Waals surface area contributed by atoms with E-state index in [0.29, 0.717) is 6.42 Å². The zero-order chi connectivity index (χ0) is 9.73. The van der Waals surface area contributed by atoms with Gasteiger partial charge in [0.25, 0.3) is 0 Å². The van der Waals surface area contributed by atoms with Crippen LogP contribution in [0, 0.1) is 0 Å². The molecule has 2 nitrogen and oxygen atoms in total. The van der Waals surface area contributed by atoms with Gasteiger partial charge < -0.3 is 10.2 Å². The van der Waals surface area contributed by atoms with Gasteiger partial charge in [0.05, 0.1) is 6.67 Å². The number of piperazine rings is 1.